The van der Waals surface area contributed by atoms with Crippen LogP contribution in [0.5, 0.6) is 0 Å². The van der Waals surface area contributed by atoms with Crippen LogP contribution < -0.4 is 5.43 Å². The van der Waals surface area contributed by atoms with Gasteiger partial charge in [0.25, 0.3) is 5.91 Å². The lowest BCUT2D eigenvalue weighted by Crippen LogP contribution is -2.61. The van der Waals surface area contributed by atoms with Crippen molar-refractivity contribution in [3.63, 3.8) is 0 Å². The number of carbonyl (C=O) groups excluding carboxylic acids is 2. The number of carbonyl (C=O) groups is 2. The Balaban J connectivity index is 1.93. The number of hydrogen-bond donors (Lipinski definition) is 1. The highest BCUT2D eigenvalue weighted by Crippen LogP contribution is 2.18. The third-order valence-corrected chi connectivity index (χ3v) is 4.39. The molecule has 0 aliphatic carbocycles. The number of aliphatic imine (C=N–C) groups is 1. The van der Waals surface area contributed by atoms with Gasteiger partial charge in [0.05, 0.1) is 6.54 Å². The van der Waals surface area contributed by atoms with E-state index >= 15 is 0 Å². The van der Waals surface area contributed by atoms with Crippen molar-refractivity contribution in [2.75, 3.05) is 20.6 Å². The van der Waals surface area contributed by atoms with Gasteiger partial charge in [0.1, 0.15) is 0 Å². The van der Waals surface area contributed by atoms with Crippen molar-refractivity contribution < 1.29 is 14.2 Å². The molecular formula is C18H23N6O2+. The van der Waals surface area contributed by atoms with Crippen LogP contribution in [0.4, 0.5) is 4.79 Å². The Morgan fingerprint density at radius 3 is 2.54 bits per heavy atom. The molecule has 2 heterocycles. The van der Waals surface area contributed by atoms with Gasteiger partial charge in [0.15, 0.2) is 0 Å². The molecule has 0 spiro atoms. The van der Waals surface area contributed by atoms with Gasteiger partial charge in [0, 0.05) is 26.2 Å². The molecule has 3 rings (SSSR count). The number of fused-ring (bicyclic) bond motifs is 1. The summed E-state index contributed by atoms with van der Waals surface area (Å²) >= 11 is 0. The van der Waals surface area contributed by atoms with Crippen LogP contribution in [0.2, 0.25) is 0 Å². The minimum atomic E-state index is -0.624. The van der Waals surface area contributed by atoms with Crippen LogP contribution in [-0.2, 0) is 11.2 Å². The summed E-state index contributed by atoms with van der Waals surface area (Å²) in [5.41, 5.74) is 4.93. The predicted octanol–water partition coefficient (Wildman–Crippen LogP) is 0.888. The Hall–Kier alpha value is -3.03. The maximum absolute atomic E-state index is 12.7. The summed E-state index contributed by atoms with van der Waals surface area (Å²) in [4.78, 5) is 32.0. The number of urea groups is 1. The Labute approximate surface area is 152 Å². The van der Waals surface area contributed by atoms with Crippen molar-refractivity contribution in [3.8, 4) is 0 Å². The average Bonchev–Trinajstić information content (AvgIpc) is 3.00. The summed E-state index contributed by atoms with van der Waals surface area (Å²) in [6, 6.07) is 9.03. The molecule has 26 heavy (non-hydrogen) atoms. The molecule has 1 saturated heterocycles. The van der Waals surface area contributed by atoms with Crippen LogP contribution >= 0.6 is 0 Å². The second-order valence-corrected chi connectivity index (χ2v) is 6.53. The third-order valence-electron chi connectivity index (χ3n) is 4.39. The maximum Gasteiger partial charge on any atom is 0.413 e. The second-order valence-electron chi connectivity index (χ2n) is 6.53. The van der Waals surface area contributed by atoms with E-state index in [2.05, 4.69) is 15.5 Å². The van der Waals surface area contributed by atoms with E-state index in [1.165, 1.54) is 11.9 Å². The standard InChI is InChI=1S/C18H22N6O2/c1-12(2)20-21-17-19-15-14(16(25)23(4)18(26)22(15)3)24(17)11-10-13-8-6-5-7-9-13/h5-9,14H,10-11H2,1-4H3/p+1. The molecule has 0 saturated carbocycles. The number of nitrogens with one attached hydrogen (secondary N) is 1. The molecular weight excluding hydrogens is 332 g/mol. The number of amides is 3. The van der Waals surface area contributed by atoms with Gasteiger partial charge in [-0.15, -0.1) is 5.10 Å². The van der Waals surface area contributed by atoms with E-state index < -0.39 is 6.04 Å². The number of imide groups is 1. The maximum atomic E-state index is 12.7. The number of amidine groups is 1. The molecule has 1 N–H and O–H groups in total. The number of rotatable bonds is 4. The molecule has 136 valence electrons. The molecule has 8 nitrogen and oxygen atoms in total. The molecule has 0 aromatic heterocycles. The van der Waals surface area contributed by atoms with Crippen LogP contribution in [0.1, 0.15) is 19.4 Å². The van der Waals surface area contributed by atoms with E-state index in [4.69, 9.17) is 0 Å². The van der Waals surface area contributed by atoms with E-state index in [9.17, 15) is 9.59 Å². The smallest absolute Gasteiger partial charge is 0.270 e. The number of hydrazone groups is 1. The van der Waals surface area contributed by atoms with Crippen LogP contribution in [0.25, 0.3) is 0 Å². The highest BCUT2D eigenvalue weighted by atomic mass is 16.2. The first-order chi connectivity index (χ1) is 12.4. The number of nitrogens with zero attached hydrogens (tertiary/aromatic N) is 5. The first-order valence-corrected chi connectivity index (χ1v) is 8.48. The number of likely N-dealkylation sites (N-methyl/N-ethyl adjacent to an activating group) is 2. The summed E-state index contributed by atoms with van der Waals surface area (Å²) in [6.45, 7) is 4.31. The van der Waals surface area contributed by atoms with Crippen molar-refractivity contribution in [3.05, 3.63) is 35.9 Å². The topological polar surface area (TPSA) is 80.4 Å². The Morgan fingerprint density at radius 1 is 1.19 bits per heavy atom. The van der Waals surface area contributed by atoms with Gasteiger partial charge >= 0.3 is 12.0 Å². The molecule has 0 radical (unpaired) electrons. The van der Waals surface area contributed by atoms with Crippen molar-refractivity contribution in [1.29, 1.82) is 0 Å². The van der Waals surface area contributed by atoms with E-state index in [0.29, 0.717) is 18.3 Å². The van der Waals surface area contributed by atoms with Crippen molar-refractivity contribution in [2.45, 2.75) is 26.3 Å². The molecule has 1 atom stereocenters. The molecule has 1 unspecified atom stereocenters. The largest absolute Gasteiger partial charge is 0.413 e. The fraction of sp³-hybridized carbons (Fsp3) is 0.389. The van der Waals surface area contributed by atoms with Gasteiger partial charge in [-0.25, -0.2) is 9.37 Å². The zero-order chi connectivity index (χ0) is 18.8. The molecule has 2 aliphatic heterocycles. The lowest BCUT2D eigenvalue weighted by Gasteiger charge is -2.31. The van der Waals surface area contributed by atoms with Gasteiger partial charge in [-0.05, 0) is 19.4 Å². The number of benzene rings is 1. The number of hydrogen-bond acceptors (Lipinski definition) is 5. The molecule has 0 bridgehead atoms. The van der Waals surface area contributed by atoms with E-state index in [1.807, 2.05) is 48.8 Å². The summed E-state index contributed by atoms with van der Waals surface area (Å²) in [6.07, 6.45) is 0.745. The quantitative estimate of drug-likeness (QED) is 0.495. The zero-order valence-corrected chi connectivity index (χ0v) is 15.4. The van der Waals surface area contributed by atoms with E-state index in [0.717, 1.165) is 22.6 Å². The molecule has 3 amide bonds. The fourth-order valence-corrected chi connectivity index (χ4v) is 2.98. The third kappa shape index (κ3) is 3.22. The van der Waals surface area contributed by atoms with Crippen LogP contribution in [0, 0.1) is 0 Å². The highest BCUT2D eigenvalue weighted by Gasteiger charge is 2.51. The van der Waals surface area contributed by atoms with E-state index in [-0.39, 0.29) is 11.9 Å². The van der Waals surface area contributed by atoms with Crippen LogP contribution in [-0.4, -0.2) is 70.5 Å². The van der Waals surface area contributed by atoms with Crippen molar-refractivity contribution in [2.24, 2.45) is 10.1 Å². The van der Waals surface area contributed by atoms with Crippen molar-refractivity contribution in [1.82, 2.24) is 15.2 Å². The SMILES string of the molecule is CC(C)=NNC1=[N+](CCc2ccccc2)C2C(=O)N(C)C(=O)N(C)C2=N1. The average molecular weight is 355 g/mol. The van der Waals surface area contributed by atoms with Gasteiger partial charge in [-0.1, -0.05) is 35.3 Å². The lowest BCUT2D eigenvalue weighted by molar-refractivity contribution is -0.536. The molecule has 1 aromatic carbocycles. The molecule has 2 aliphatic rings. The van der Waals surface area contributed by atoms with Crippen molar-refractivity contribution >= 4 is 29.4 Å². The summed E-state index contributed by atoms with van der Waals surface area (Å²) in [5.74, 6) is 0.622. The minimum Gasteiger partial charge on any atom is -0.270 e. The summed E-state index contributed by atoms with van der Waals surface area (Å²) in [7, 11) is 3.12. The first-order valence-electron chi connectivity index (χ1n) is 8.48. The minimum absolute atomic E-state index is 0.283. The highest BCUT2D eigenvalue weighted by molar-refractivity contribution is 6.22. The zero-order valence-electron chi connectivity index (χ0n) is 15.4. The monoisotopic (exact) mass is 355 g/mol. The normalized spacial score (nSPS) is 19.5. The molecule has 1 aromatic rings. The first kappa shape index (κ1) is 17.8. The van der Waals surface area contributed by atoms with Gasteiger partial charge in [0.2, 0.25) is 11.9 Å². The van der Waals surface area contributed by atoms with Gasteiger partial charge < -0.3 is 0 Å². The summed E-state index contributed by atoms with van der Waals surface area (Å²) in [5, 5.41) is 4.21. The Kier molecular flexibility index (Phi) is 4.83. The Morgan fingerprint density at radius 2 is 1.88 bits per heavy atom. The molecule has 8 heteroatoms. The van der Waals surface area contributed by atoms with Gasteiger partial charge in [-0.3, -0.25) is 14.6 Å². The second kappa shape index (κ2) is 7.07. The predicted molar refractivity (Wildman–Crippen MR) is 99.4 cm³/mol. The number of guanidine groups is 1. The fourth-order valence-electron chi connectivity index (χ4n) is 2.98. The van der Waals surface area contributed by atoms with Crippen LogP contribution in [0.3, 0.4) is 0 Å². The summed E-state index contributed by atoms with van der Waals surface area (Å²) < 4.78 is 1.87. The molecule has 1 fully saturated rings. The van der Waals surface area contributed by atoms with E-state index in [1.54, 1.807) is 7.05 Å². The lowest BCUT2D eigenvalue weighted by atomic mass is 10.1. The van der Waals surface area contributed by atoms with Crippen LogP contribution in [0.15, 0.2) is 40.4 Å². The van der Waals surface area contributed by atoms with Gasteiger partial charge in [-0.2, -0.15) is 5.43 Å². The Bertz CT molecular complexity index is 823.